The molecule has 0 spiro atoms. The van der Waals surface area contributed by atoms with Gasteiger partial charge in [-0.3, -0.25) is 4.79 Å². The lowest BCUT2D eigenvalue weighted by Gasteiger charge is -2.26. The average Bonchev–Trinajstić information content (AvgIpc) is 2.91. The zero-order chi connectivity index (χ0) is 12.4. The van der Waals surface area contributed by atoms with Gasteiger partial charge in [0.25, 0.3) is 0 Å². The molecule has 2 unspecified atom stereocenters. The van der Waals surface area contributed by atoms with Crippen LogP contribution in [0.3, 0.4) is 0 Å². The Bertz CT molecular complexity index is 443. The monoisotopic (exact) mass is 262 g/mol. The molecule has 2 aliphatic rings. The number of amides is 1. The highest BCUT2D eigenvalue weighted by Crippen LogP contribution is 2.19. The molecule has 2 atom stereocenters. The van der Waals surface area contributed by atoms with E-state index in [0.29, 0.717) is 6.04 Å². The summed E-state index contributed by atoms with van der Waals surface area (Å²) in [7, 11) is 0. The molecule has 2 N–H and O–H groups in total. The second-order valence-electron chi connectivity index (χ2n) is 4.98. The first-order valence-corrected chi connectivity index (χ1v) is 7.66. The summed E-state index contributed by atoms with van der Waals surface area (Å²) in [5.41, 5.74) is 2.62. The Kier molecular flexibility index (Phi) is 3.57. The molecular weight excluding hydrogens is 244 g/mol. The molecule has 1 saturated heterocycles. The first-order valence-electron chi connectivity index (χ1n) is 6.51. The van der Waals surface area contributed by atoms with E-state index in [-0.39, 0.29) is 11.9 Å². The maximum absolute atomic E-state index is 12.2. The van der Waals surface area contributed by atoms with Crippen LogP contribution in [0.15, 0.2) is 24.3 Å². The topological polar surface area (TPSA) is 41.1 Å². The van der Waals surface area contributed by atoms with E-state index < -0.39 is 0 Å². The quantitative estimate of drug-likeness (QED) is 0.844. The van der Waals surface area contributed by atoms with Gasteiger partial charge in [0, 0.05) is 18.3 Å². The minimum absolute atomic E-state index is 0.0644. The van der Waals surface area contributed by atoms with Gasteiger partial charge < -0.3 is 10.6 Å². The third kappa shape index (κ3) is 2.54. The van der Waals surface area contributed by atoms with Gasteiger partial charge in [-0.25, -0.2) is 0 Å². The van der Waals surface area contributed by atoms with Crippen LogP contribution in [0.2, 0.25) is 0 Å². The number of benzene rings is 1. The summed E-state index contributed by atoms with van der Waals surface area (Å²) < 4.78 is 0. The summed E-state index contributed by atoms with van der Waals surface area (Å²) in [5.74, 6) is 2.40. The number of hydrogen-bond donors (Lipinski definition) is 2. The van der Waals surface area contributed by atoms with Gasteiger partial charge in [0.05, 0.1) is 6.04 Å². The highest BCUT2D eigenvalue weighted by molar-refractivity contribution is 7.99. The van der Waals surface area contributed by atoms with E-state index in [0.717, 1.165) is 25.1 Å². The fourth-order valence-electron chi connectivity index (χ4n) is 2.59. The van der Waals surface area contributed by atoms with Crippen LogP contribution in [0.1, 0.15) is 17.5 Å². The van der Waals surface area contributed by atoms with Crippen molar-refractivity contribution in [2.75, 3.05) is 11.5 Å². The van der Waals surface area contributed by atoms with Gasteiger partial charge in [0.2, 0.25) is 5.91 Å². The first kappa shape index (κ1) is 12.1. The van der Waals surface area contributed by atoms with Crippen molar-refractivity contribution in [1.29, 1.82) is 0 Å². The molecule has 96 valence electrons. The van der Waals surface area contributed by atoms with Crippen LogP contribution in [-0.4, -0.2) is 29.5 Å². The molecule has 1 amide bonds. The van der Waals surface area contributed by atoms with E-state index in [1.165, 1.54) is 16.9 Å². The molecule has 0 saturated carbocycles. The molecule has 0 aromatic heterocycles. The van der Waals surface area contributed by atoms with Crippen molar-refractivity contribution in [1.82, 2.24) is 10.6 Å². The lowest BCUT2D eigenvalue weighted by Crippen LogP contribution is -2.50. The number of fused-ring (bicyclic) bond motifs is 1. The molecule has 1 aromatic carbocycles. The number of thioether (sulfide) groups is 1. The molecule has 18 heavy (non-hydrogen) atoms. The maximum atomic E-state index is 12.2. The van der Waals surface area contributed by atoms with Crippen LogP contribution >= 0.6 is 11.8 Å². The van der Waals surface area contributed by atoms with Crippen LogP contribution in [0.25, 0.3) is 0 Å². The maximum Gasteiger partial charge on any atom is 0.237 e. The van der Waals surface area contributed by atoms with Crippen molar-refractivity contribution in [3.8, 4) is 0 Å². The zero-order valence-corrected chi connectivity index (χ0v) is 11.1. The van der Waals surface area contributed by atoms with Crippen molar-refractivity contribution < 1.29 is 4.79 Å². The lowest BCUT2D eigenvalue weighted by molar-refractivity contribution is -0.123. The van der Waals surface area contributed by atoms with E-state index in [9.17, 15) is 4.79 Å². The molecule has 0 bridgehead atoms. The van der Waals surface area contributed by atoms with E-state index >= 15 is 0 Å². The van der Waals surface area contributed by atoms with Gasteiger partial charge >= 0.3 is 0 Å². The molecule has 0 radical (unpaired) electrons. The van der Waals surface area contributed by atoms with Crippen LogP contribution in [0.4, 0.5) is 0 Å². The summed E-state index contributed by atoms with van der Waals surface area (Å²) in [4.78, 5) is 12.2. The molecule has 0 aliphatic carbocycles. The first-order chi connectivity index (χ1) is 8.83. The normalized spacial score (nSPS) is 26.7. The molecule has 4 heteroatoms. The van der Waals surface area contributed by atoms with Crippen molar-refractivity contribution >= 4 is 17.7 Å². The summed E-state index contributed by atoms with van der Waals surface area (Å²) in [6.45, 7) is 0.799. The van der Waals surface area contributed by atoms with Crippen LogP contribution in [-0.2, 0) is 17.8 Å². The Morgan fingerprint density at radius 1 is 1.33 bits per heavy atom. The lowest BCUT2D eigenvalue weighted by atomic mass is 9.95. The minimum Gasteiger partial charge on any atom is -0.351 e. The zero-order valence-electron chi connectivity index (χ0n) is 10.3. The van der Waals surface area contributed by atoms with Gasteiger partial charge in [-0.15, -0.1) is 0 Å². The third-order valence-electron chi connectivity index (χ3n) is 3.67. The van der Waals surface area contributed by atoms with E-state index in [4.69, 9.17) is 0 Å². The number of nitrogens with one attached hydrogen (secondary N) is 2. The highest BCUT2D eigenvalue weighted by Gasteiger charge is 2.26. The van der Waals surface area contributed by atoms with Crippen molar-refractivity contribution in [3.63, 3.8) is 0 Å². The predicted octanol–water partition coefficient (Wildman–Crippen LogP) is 1.32. The summed E-state index contributed by atoms with van der Waals surface area (Å²) in [6.07, 6.45) is 1.92. The Labute approximate surface area is 112 Å². The highest BCUT2D eigenvalue weighted by atomic mass is 32.2. The van der Waals surface area contributed by atoms with Crippen LogP contribution < -0.4 is 10.6 Å². The van der Waals surface area contributed by atoms with Gasteiger partial charge in [-0.1, -0.05) is 24.3 Å². The third-order valence-corrected chi connectivity index (χ3v) is 4.84. The van der Waals surface area contributed by atoms with Crippen molar-refractivity contribution in [2.24, 2.45) is 0 Å². The van der Waals surface area contributed by atoms with Crippen molar-refractivity contribution in [3.05, 3.63) is 35.4 Å². The molecule has 1 fully saturated rings. The average molecular weight is 262 g/mol. The molecular formula is C14H18N2OS. The smallest absolute Gasteiger partial charge is 0.237 e. The molecule has 2 aliphatic heterocycles. The van der Waals surface area contributed by atoms with Crippen molar-refractivity contribution in [2.45, 2.75) is 31.5 Å². The second-order valence-corrected chi connectivity index (χ2v) is 6.13. The Morgan fingerprint density at radius 2 is 2.17 bits per heavy atom. The number of carbonyl (C=O) groups excluding carboxylic acids is 1. The van der Waals surface area contributed by atoms with Crippen LogP contribution in [0.5, 0.6) is 0 Å². The minimum atomic E-state index is -0.0644. The van der Waals surface area contributed by atoms with E-state index in [1.807, 2.05) is 17.8 Å². The Balaban J connectivity index is 1.62. The van der Waals surface area contributed by atoms with Crippen LogP contribution in [0, 0.1) is 0 Å². The standard InChI is InChI=1S/C14H18N2OS/c17-14(16-12-5-6-18-9-12)13-7-10-3-1-2-4-11(10)8-15-13/h1-4,12-13,15H,5-9H2,(H,16,17). The number of hydrogen-bond acceptors (Lipinski definition) is 3. The molecule has 3 nitrogen and oxygen atoms in total. The van der Waals surface area contributed by atoms with E-state index in [1.54, 1.807) is 0 Å². The Hall–Kier alpha value is -1.00. The molecule has 2 heterocycles. The van der Waals surface area contributed by atoms with Gasteiger partial charge in [0.1, 0.15) is 0 Å². The van der Waals surface area contributed by atoms with Gasteiger partial charge in [0.15, 0.2) is 0 Å². The van der Waals surface area contributed by atoms with Gasteiger partial charge in [-0.2, -0.15) is 11.8 Å². The number of carbonyl (C=O) groups is 1. The molecule has 3 rings (SSSR count). The second kappa shape index (κ2) is 5.33. The van der Waals surface area contributed by atoms with E-state index in [2.05, 4.69) is 28.8 Å². The Morgan fingerprint density at radius 3 is 2.94 bits per heavy atom. The predicted molar refractivity (Wildman–Crippen MR) is 74.6 cm³/mol. The molecule has 1 aromatic rings. The fourth-order valence-corrected chi connectivity index (χ4v) is 3.74. The summed E-state index contributed by atoms with van der Waals surface area (Å²) in [6, 6.07) is 8.67. The van der Waals surface area contributed by atoms with Gasteiger partial charge in [-0.05, 0) is 29.7 Å². The fraction of sp³-hybridized carbons (Fsp3) is 0.500. The summed E-state index contributed by atoms with van der Waals surface area (Å²) in [5, 5.41) is 6.49. The SMILES string of the molecule is O=C(NC1CCSC1)C1Cc2ccccc2CN1. The summed E-state index contributed by atoms with van der Waals surface area (Å²) >= 11 is 1.92. The largest absolute Gasteiger partial charge is 0.351 e. The number of rotatable bonds is 2.